The molecule has 250 valence electrons. The number of hydrogen-bond acceptors (Lipinski definition) is 9. The second-order valence-electron chi connectivity index (χ2n) is 14.4. The molecule has 12 heteroatoms. The zero-order valence-corrected chi connectivity index (χ0v) is 27.8. The van der Waals surface area contributed by atoms with Crippen LogP contribution in [-0.4, -0.2) is 87.7 Å². The lowest BCUT2D eigenvalue weighted by atomic mass is 9.96. The number of carbonyl (C=O) groups is 3. The fraction of sp³-hybridized carbons (Fsp3) is 0.618. The number of aliphatic hydroxyl groups is 1. The number of piperidine rings is 1. The van der Waals surface area contributed by atoms with Crippen molar-refractivity contribution in [1.29, 1.82) is 0 Å². The number of likely N-dealkylation sites (tertiary alicyclic amines) is 1. The van der Waals surface area contributed by atoms with Crippen LogP contribution < -0.4 is 14.5 Å². The van der Waals surface area contributed by atoms with E-state index in [9.17, 15) is 19.5 Å². The summed E-state index contributed by atoms with van der Waals surface area (Å²) in [5, 5.41) is 10.8. The lowest BCUT2D eigenvalue weighted by Crippen LogP contribution is -2.48. The van der Waals surface area contributed by atoms with Crippen LogP contribution in [0.25, 0.3) is 0 Å². The maximum Gasteiger partial charge on any atom is 0.417 e. The highest BCUT2D eigenvalue weighted by atomic mass is 16.6. The Labute approximate surface area is 271 Å². The Bertz CT molecular complexity index is 1430. The van der Waals surface area contributed by atoms with Crippen molar-refractivity contribution < 1.29 is 33.7 Å². The van der Waals surface area contributed by atoms with Crippen molar-refractivity contribution in [3.05, 3.63) is 41.6 Å². The van der Waals surface area contributed by atoms with Crippen LogP contribution in [0.3, 0.4) is 0 Å². The summed E-state index contributed by atoms with van der Waals surface area (Å²) in [5.74, 6) is 1.03. The number of benzene rings is 1. The lowest BCUT2D eigenvalue weighted by Gasteiger charge is -2.36. The van der Waals surface area contributed by atoms with Crippen LogP contribution in [0.2, 0.25) is 0 Å². The Morgan fingerprint density at radius 1 is 1.00 bits per heavy atom. The van der Waals surface area contributed by atoms with E-state index in [0.717, 1.165) is 24.2 Å². The fourth-order valence-electron chi connectivity index (χ4n) is 6.14. The van der Waals surface area contributed by atoms with Crippen LogP contribution in [0.4, 0.5) is 21.4 Å². The SMILES string of the molecule is CC(C)(C)OC(=O)N1CCC(CN(C(=O)c2ccc3c(c2)CCO3)c2ccnc(N(C(=O)OC(C)(C)C)C3CCCC3O)n2)CC1. The number of anilines is 2. The molecule has 2 atom stereocenters. The predicted octanol–water partition coefficient (Wildman–Crippen LogP) is 5.36. The standard InChI is InChI=1S/C34H47N5O7/c1-33(2,3)45-31(42)37-17-13-22(14-18-37)21-38(29(41)24-10-11-27-23(20-24)15-19-44-27)28-12-16-35-30(36-28)39(25-8-7-9-26(25)40)32(43)46-34(4,5)6/h10-12,16,20,22,25-26,40H,7-9,13-15,17-19,21H2,1-6H3. The molecule has 1 aliphatic carbocycles. The van der Waals surface area contributed by atoms with Crippen molar-refractivity contribution in [3.8, 4) is 5.75 Å². The van der Waals surface area contributed by atoms with Gasteiger partial charge in [0.2, 0.25) is 5.95 Å². The maximum atomic E-state index is 14.3. The van der Waals surface area contributed by atoms with E-state index < -0.39 is 29.4 Å². The van der Waals surface area contributed by atoms with Crippen molar-refractivity contribution >= 4 is 29.9 Å². The molecule has 0 radical (unpaired) electrons. The van der Waals surface area contributed by atoms with Crippen LogP contribution in [0, 0.1) is 5.92 Å². The quantitative estimate of drug-likeness (QED) is 0.444. The Morgan fingerprint density at radius 2 is 1.72 bits per heavy atom. The van der Waals surface area contributed by atoms with Gasteiger partial charge in [0, 0.05) is 37.8 Å². The maximum absolute atomic E-state index is 14.3. The first kappa shape index (κ1) is 33.4. The van der Waals surface area contributed by atoms with Gasteiger partial charge in [-0.15, -0.1) is 0 Å². The number of nitrogens with zero attached hydrogens (tertiary/aromatic N) is 5. The Morgan fingerprint density at radius 3 is 2.37 bits per heavy atom. The second kappa shape index (κ2) is 13.4. The Kier molecular flexibility index (Phi) is 9.76. The third-order valence-corrected chi connectivity index (χ3v) is 8.37. The topological polar surface area (TPSA) is 135 Å². The van der Waals surface area contributed by atoms with Gasteiger partial charge >= 0.3 is 12.2 Å². The fourth-order valence-corrected chi connectivity index (χ4v) is 6.14. The third kappa shape index (κ3) is 8.07. The highest BCUT2D eigenvalue weighted by molar-refractivity contribution is 6.06. The van der Waals surface area contributed by atoms with Gasteiger partial charge in [-0.3, -0.25) is 9.69 Å². The number of fused-ring (bicyclic) bond motifs is 1. The van der Waals surface area contributed by atoms with Gasteiger partial charge in [0.1, 0.15) is 22.8 Å². The summed E-state index contributed by atoms with van der Waals surface area (Å²) < 4.78 is 16.9. The average molecular weight is 638 g/mol. The van der Waals surface area contributed by atoms with E-state index in [1.165, 1.54) is 11.1 Å². The monoisotopic (exact) mass is 637 g/mol. The highest BCUT2D eigenvalue weighted by Crippen LogP contribution is 2.32. The molecule has 2 unspecified atom stereocenters. The van der Waals surface area contributed by atoms with Crippen LogP contribution in [0.15, 0.2) is 30.5 Å². The Balaban J connectivity index is 1.44. The summed E-state index contributed by atoms with van der Waals surface area (Å²) in [7, 11) is 0. The zero-order valence-electron chi connectivity index (χ0n) is 27.8. The van der Waals surface area contributed by atoms with Crippen LogP contribution in [0.1, 0.15) is 89.6 Å². The molecule has 1 aromatic carbocycles. The molecule has 3 heterocycles. The highest BCUT2D eigenvalue weighted by Gasteiger charge is 2.39. The minimum Gasteiger partial charge on any atom is -0.493 e. The van der Waals surface area contributed by atoms with Crippen molar-refractivity contribution in [3.63, 3.8) is 0 Å². The number of amides is 3. The van der Waals surface area contributed by atoms with Crippen molar-refractivity contribution in [2.75, 3.05) is 36.0 Å². The first-order valence-corrected chi connectivity index (χ1v) is 16.3. The summed E-state index contributed by atoms with van der Waals surface area (Å²) in [6, 6.07) is 6.56. The van der Waals surface area contributed by atoms with Gasteiger partial charge in [-0.05, 0) is 109 Å². The molecule has 0 spiro atoms. The number of hydrogen-bond donors (Lipinski definition) is 1. The molecule has 1 saturated carbocycles. The summed E-state index contributed by atoms with van der Waals surface area (Å²) in [5.41, 5.74) is 0.131. The van der Waals surface area contributed by atoms with E-state index in [0.29, 0.717) is 63.3 Å². The number of ether oxygens (including phenoxy) is 3. The number of rotatable bonds is 6. The Hall–Kier alpha value is -3.93. The number of aromatic nitrogens is 2. The first-order valence-electron chi connectivity index (χ1n) is 16.3. The van der Waals surface area contributed by atoms with Crippen molar-refractivity contribution in [2.24, 2.45) is 5.92 Å². The smallest absolute Gasteiger partial charge is 0.417 e. The van der Waals surface area contributed by atoms with Crippen molar-refractivity contribution in [1.82, 2.24) is 14.9 Å². The summed E-state index contributed by atoms with van der Waals surface area (Å²) in [6.07, 6.45) is 3.75. The molecule has 2 fully saturated rings. The molecular formula is C34H47N5O7. The molecule has 3 amide bonds. The van der Waals surface area contributed by atoms with Gasteiger partial charge in [0.15, 0.2) is 0 Å². The zero-order chi connectivity index (χ0) is 33.2. The van der Waals surface area contributed by atoms with E-state index >= 15 is 0 Å². The largest absolute Gasteiger partial charge is 0.493 e. The van der Waals surface area contributed by atoms with Crippen LogP contribution in [-0.2, 0) is 15.9 Å². The third-order valence-electron chi connectivity index (χ3n) is 8.37. The van der Waals surface area contributed by atoms with E-state index in [2.05, 4.69) is 4.98 Å². The van der Waals surface area contributed by atoms with Gasteiger partial charge in [-0.1, -0.05) is 0 Å². The molecule has 2 aromatic rings. The molecule has 1 aromatic heterocycles. The van der Waals surface area contributed by atoms with Crippen LogP contribution >= 0.6 is 0 Å². The van der Waals surface area contributed by atoms with E-state index in [1.54, 1.807) is 42.7 Å². The molecule has 12 nitrogen and oxygen atoms in total. The van der Waals surface area contributed by atoms with E-state index in [-0.39, 0.29) is 23.9 Å². The summed E-state index contributed by atoms with van der Waals surface area (Å²) >= 11 is 0. The van der Waals surface area contributed by atoms with E-state index in [4.69, 9.17) is 19.2 Å². The first-order chi connectivity index (χ1) is 21.7. The summed E-state index contributed by atoms with van der Waals surface area (Å²) in [6.45, 7) is 12.8. The molecule has 46 heavy (non-hydrogen) atoms. The molecule has 2 aliphatic heterocycles. The number of carbonyl (C=O) groups excluding carboxylic acids is 3. The van der Waals surface area contributed by atoms with Gasteiger partial charge in [-0.2, -0.15) is 4.98 Å². The van der Waals surface area contributed by atoms with Gasteiger partial charge in [0.05, 0.1) is 18.8 Å². The van der Waals surface area contributed by atoms with Crippen LogP contribution in [0.5, 0.6) is 5.75 Å². The normalized spacial score (nSPS) is 20.1. The molecular weight excluding hydrogens is 590 g/mol. The lowest BCUT2D eigenvalue weighted by molar-refractivity contribution is 0.0185. The predicted molar refractivity (Wildman–Crippen MR) is 172 cm³/mol. The molecule has 1 saturated heterocycles. The second-order valence-corrected chi connectivity index (χ2v) is 14.4. The summed E-state index contributed by atoms with van der Waals surface area (Å²) in [4.78, 5) is 54.3. The molecule has 5 rings (SSSR count). The molecule has 0 bridgehead atoms. The van der Waals surface area contributed by atoms with Crippen molar-refractivity contribution in [2.45, 2.75) is 103 Å². The van der Waals surface area contributed by atoms with E-state index in [1.807, 2.05) is 32.9 Å². The van der Waals surface area contributed by atoms with Gasteiger partial charge < -0.3 is 24.2 Å². The molecule has 3 aliphatic rings. The van der Waals surface area contributed by atoms with Gasteiger partial charge in [0.25, 0.3) is 5.91 Å². The molecule has 1 N–H and O–H groups in total. The average Bonchev–Trinajstić information content (AvgIpc) is 3.63. The van der Waals surface area contributed by atoms with Gasteiger partial charge in [-0.25, -0.2) is 19.5 Å². The minimum atomic E-state index is -0.774. The number of aliphatic hydroxyl groups excluding tert-OH is 1. The minimum absolute atomic E-state index is 0.0672.